The summed E-state index contributed by atoms with van der Waals surface area (Å²) in [6, 6.07) is 0. The Bertz CT molecular complexity index is 237. The zero-order chi connectivity index (χ0) is 9.52. The van der Waals surface area contributed by atoms with Crippen LogP contribution in [0.5, 0.6) is 0 Å². The van der Waals surface area contributed by atoms with Crippen molar-refractivity contribution in [3.05, 3.63) is 0 Å². The summed E-state index contributed by atoms with van der Waals surface area (Å²) in [5.74, 6) is 1.07. The maximum atomic E-state index is 5.42. The van der Waals surface area contributed by atoms with Crippen molar-refractivity contribution in [3.63, 3.8) is 0 Å². The van der Waals surface area contributed by atoms with Crippen LogP contribution >= 0.6 is 11.8 Å². The van der Waals surface area contributed by atoms with Gasteiger partial charge in [-0.25, -0.2) is 4.68 Å². The average Bonchev–Trinajstić information content (AvgIpc) is 2.54. The normalized spacial score (nSPS) is 10.6. The molecule has 0 aliphatic heterocycles. The van der Waals surface area contributed by atoms with Crippen LogP contribution in [0.15, 0.2) is 5.16 Å². The lowest BCUT2D eigenvalue weighted by Crippen LogP contribution is -2.12. The first-order valence-corrected chi connectivity index (χ1v) is 5.46. The number of tetrazole rings is 1. The van der Waals surface area contributed by atoms with Crippen molar-refractivity contribution in [2.24, 2.45) is 5.73 Å². The van der Waals surface area contributed by atoms with Gasteiger partial charge in [0.15, 0.2) is 0 Å². The zero-order valence-electron chi connectivity index (χ0n) is 7.81. The maximum Gasteiger partial charge on any atom is 0.209 e. The molecule has 0 aliphatic carbocycles. The van der Waals surface area contributed by atoms with E-state index in [0.29, 0.717) is 13.1 Å². The summed E-state index contributed by atoms with van der Waals surface area (Å²) < 4.78 is 1.75. The van der Waals surface area contributed by atoms with E-state index in [2.05, 4.69) is 22.4 Å². The Kier molecular flexibility index (Phi) is 4.77. The van der Waals surface area contributed by atoms with Gasteiger partial charge in [-0.15, -0.1) is 5.10 Å². The molecular weight excluding hydrogens is 186 g/mol. The minimum absolute atomic E-state index is 0.576. The highest BCUT2D eigenvalue weighted by Crippen LogP contribution is 2.14. The molecular formula is C7H15N5S. The molecule has 0 atom stereocenters. The molecule has 6 heteroatoms. The number of thioether (sulfide) groups is 1. The van der Waals surface area contributed by atoms with E-state index in [9.17, 15) is 0 Å². The molecule has 0 amide bonds. The highest BCUT2D eigenvalue weighted by molar-refractivity contribution is 7.99. The third-order valence-electron chi connectivity index (χ3n) is 1.57. The summed E-state index contributed by atoms with van der Waals surface area (Å²) in [7, 11) is 0. The van der Waals surface area contributed by atoms with Crippen molar-refractivity contribution in [2.75, 3.05) is 12.3 Å². The molecule has 1 aromatic rings. The molecule has 0 unspecified atom stereocenters. The number of nitrogens with two attached hydrogens (primary N) is 1. The largest absolute Gasteiger partial charge is 0.329 e. The highest BCUT2D eigenvalue weighted by atomic mass is 32.2. The minimum atomic E-state index is 0.576. The Labute approximate surface area is 82.1 Å². The molecule has 0 saturated carbocycles. The van der Waals surface area contributed by atoms with Crippen LogP contribution in [-0.4, -0.2) is 32.5 Å². The number of unbranched alkanes of at least 4 members (excludes halogenated alkanes) is 1. The SMILES string of the molecule is CCCCSc1nnnn1CCN. The molecule has 13 heavy (non-hydrogen) atoms. The quantitative estimate of drug-likeness (QED) is 0.537. The monoisotopic (exact) mass is 201 g/mol. The first-order valence-electron chi connectivity index (χ1n) is 4.47. The summed E-state index contributed by atoms with van der Waals surface area (Å²) in [6.45, 7) is 3.44. The molecule has 1 aromatic heterocycles. The Balaban J connectivity index is 2.40. The van der Waals surface area contributed by atoms with Crippen LogP contribution < -0.4 is 5.73 Å². The summed E-state index contributed by atoms with van der Waals surface area (Å²) in [6.07, 6.45) is 2.39. The van der Waals surface area contributed by atoms with Gasteiger partial charge in [-0.3, -0.25) is 0 Å². The van der Waals surface area contributed by atoms with Gasteiger partial charge < -0.3 is 5.73 Å². The van der Waals surface area contributed by atoms with Gasteiger partial charge in [0.25, 0.3) is 0 Å². The number of nitrogens with zero attached hydrogens (tertiary/aromatic N) is 4. The van der Waals surface area contributed by atoms with Crippen molar-refractivity contribution in [1.29, 1.82) is 0 Å². The number of hydrogen-bond acceptors (Lipinski definition) is 5. The van der Waals surface area contributed by atoms with E-state index in [1.165, 1.54) is 12.8 Å². The van der Waals surface area contributed by atoms with Crippen LogP contribution in [0.25, 0.3) is 0 Å². The van der Waals surface area contributed by atoms with E-state index in [-0.39, 0.29) is 0 Å². The lowest BCUT2D eigenvalue weighted by molar-refractivity contribution is 0.556. The van der Waals surface area contributed by atoms with E-state index in [0.717, 1.165) is 10.9 Å². The van der Waals surface area contributed by atoms with Gasteiger partial charge in [0.05, 0.1) is 6.54 Å². The molecule has 0 aliphatic rings. The van der Waals surface area contributed by atoms with Gasteiger partial charge in [-0.1, -0.05) is 25.1 Å². The summed E-state index contributed by atoms with van der Waals surface area (Å²) >= 11 is 1.69. The van der Waals surface area contributed by atoms with E-state index in [1.807, 2.05) is 0 Å². The summed E-state index contributed by atoms with van der Waals surface area (Å²) in [4.78, 5) is 0. The first-order chi connectivity index (χ1) is 6.38. The fourth-order valence-electron chi connectivity index (χ4n) is 0.870. The lowest BCUT2D eigenvalue weighted by atomic mass is 10.4. The smallest absolute Gasteiger partial charge is 0.209 e. The second-order valence-corrected chi connectivity index (χ2v) is 3.74. The van der Waals surface area contributed by atoms with Gasteiger partial charge in [0, 0.05) is 12.3 Å². The van der Waals surface area contributed by atoms with Gasteiger partial charge >= 0.3 is 0 Å². The van der Waals surface area contributed by atoms with Crippen LogP contribution in [0.1, 0.15) is 19.8 Å². The molecule has 2 N–H and O–H groups in total. The fourth-order valence-corrected chi connectivity index (χ4v) is 1.86. The van der Waals surface area contributed by atoms with Crippen LogP contribution in [0.2, 0.25) is 0 Å². The predicted octanol–water partition coefficient (Wildman–Crippen LogP) is 0.524. The van der Waals surface area contributed by atoms with Crippen LogP contribution in [0.4, 0.5) is 0 Å². The van der Waals surface area contributed by atoms with Gasteiger partial charge in [-0.05, 0) is 16.8 Å². The van der Waals surface area contributed by atoms with Gasteiger partial charge in [0.2, 0.25) is 5.16 Å². The number of aromatic nitrogens is 4. The molecule has 1 rings (SSSR count). The fraction of sp³-hybridized carbons (Fsp3) is 0.857. The lowest BCUT2D eigenvalue weighted by Gasteiger charge is -2.00. The van der Waals surface area contributed by atoms with E-state index < -0.39 is 0 Å². The van der Waals surface area contributed by atoms with E-state index >= 15 is 0 Å². The first kappa shape index (κ1) is 10.5. The van der Waals surface area contributed by atoms with Crippen molar-refractivity contribution in [2.45, 2.75) is 31.5 Å². The van der Waals surface area contributed by atoms with Crippen molar-refractivity contribution in [3.8, 4) is 0 Å². The standard InChI is InChI=1S/C7H15N5S/c1-2-3-6-13-7-9-10-11-12(7)5-4-8/h2-6,8H2,1H3. The minimum Gasteiger partial charge on any atom is -0.329 e. The maximum absolute atomic E-state index is 5.42. The molecule has 0 aromatic carbocycles. The highest BCUT2D eigenvalue weighted by Gasteiger charge is 2.04. The van der Waals surface area contributed by atoms with Crippen LogP contribution in [-0.2, 0) is 6.54 Å². The third-order valence-corrected chi connectivity index (χ3v) is 2.61. The molecule has 5 nitrogen and oxygen atoms in total. The zero-order valence-corrected chi connectivity index (χ0v) is 8.63. The van der Waals surface area contributed by atoms with Gasteiger partial charge in [-0.2, -0.15) is 0 Å². The van der Waals surface area contributed by atoms with Crippen molar-refractivity contribution in [1.82, 2.24) is 20.2 Å². The second-order valence-electron chi connectivity index (χ2n) is 2.68. The van der Waals surface area contributed by atoms with E-state index in [1.54, 1.807) is 16.4 Å². The Hall–Kier alpha value is -0.620. The topological polar surface area (TPSA) is 69.6 Å². The van der Waals surface area contributed by atoms with Crippen molar-refractivity contribution >= 4 is 11.8 Å². The van der Waals surface area contributed by atoms with Gasteiger partial charge in [0.1, 0.15) is 0 Å². The average molecular weight is 201 g/mol. The van der Waals surface area contributed by atoms with Crippen molar-refractivity contribution < 1.29 is 0 Å². The summed E-state index contributed by atoms with van der Waals surface area (Å²) in [5, 5.41) is 12.2. The number of rotatable bonds is 6. The van der Waals surface area contributed by atoms with Crippen LogP contribution in [0.3, 0.4) is 0 Å². The molecule has 0 spiro atoms. The summed E-state index contributed by atoms with van der Waals surface area (Å²) in [5.41, 5.74) is 5.42. The molecule has 0 bridgehead atoms. The molecule has 0 radical (unpaired) electrons. The Morgan fingerprint density at radius 1 is 1.54 bits per heavy atom. The predicted molar refractivity (Wildman–Crippen MR) is 52.5 cm³/mol. The number of hydrogen-bond donors (Lipinski definition) is 1. The van der Waals surface area contributed by atoms with Crippen LogP contribution in [0, 0.1) is 0 Å². The Morgan fingerprint density at radius 2 is 2.38 bits per heavy atom. The molecule has 74 valence electrons. The molecule has 1 heterocycles. The van der Waals surface area contributed by atoms with E-state index in [4.69, 9.17) is 5.73 Å². The third kappa shape index (κ3) is 3.31. The molecule has 0 saturated heterocycles. The Morgan fingerprint density at radius 3 is 3.08 bits per heavy atom. The second kappa shape index (κ2) is 5.93. The molecule has 0 fully saturated rings.